The molecule has 3 rings (SSSR count). The number of amides is 1. The Labute approximate surface area is 165 Å². The van der Waals surface area contributed by atoms with Crippen LogP contribution in [-0.2, 0) is 11.3 Å². The van der Waals surface area contributed by atoms with Crippen LogP contribution in [0.1, 0.15) is 49.2 Å². The van der Waals surface area contributed by atoms with E-state index in [1.165, 1.54) is 0 Å². The van der Waals surface area contributed by atoms with Gasteiger partial charge in [0.25, 0.3) is 0 Å². The summed E-state index contributed by atoms with van der Waals surface area (Å²) in [5, 5.41) is 3.09. The first-order valence-corrected chi connectivity index (χ1v) is 9.85. The molecular weight excluding hydrogens is 356 g/mol. The van der Waals surface area contributed by atoms with E-state index in [1.54, 1.807) is 17.7 Å². The molecule has 1 amide bonds. The fourth-order valence-electron chi connectivity index (χ4n) is 3.66. The summed E-state index contributed by atoms with van der Waals surface area (Å²) in [5.74, 6) is 0.807. The molecular formula is C21H28N4O3. The molecule has 1 aliphatic carbocycles. The van der Waals surface area contributed by atoms with Crippen LogP contribution in [0.15, 0.2) is 29.2 Å². The van der Waals surface area contributed by atoms with E-state index in [2.05, 4.69) is 15.3 Å². The summed E-state index contributed by atoms with van der Waals surface area (Å²) in [6.07, 6.45) is 5.78. The summed E-state index contributed by atoms with van der Waals surface area (Å²) in [5.41, 5.74) is 2.13. The van der Waals surface area contributed by atoms with Gasteiger partial charge in [-0.05, 0) is 64.7 Å². The van der Waals surface area contributed by atoms with Crippen LogP contribution in [0.4, 0.5) is 0 Å². The molecule has 2 aromatic rings. The van der Waals surface area contributed by atoms with Crippen LogP contribution in [0, 0.1) is 20.8 Å². The Morgan fingerprint density at radius 2 is 2.00 bits per heavy atom. The van der Waals surface area contributed by atoms with Crippen LogP contribution in [0.5, 0.6) is 5.75 Å². The summed E-state index contributed by atoms with van der Waals surface area (Å²) >= 11 is 0. The smallest absolute Gasteiger partial charge is 0.347 e. The van der Waals surface area contributed by atoms with Crippen LogP contribution in [0.2, 0.25) is 0 Å². The quantitative estimate of drug-likeness (QED) is 0.827. The molecule has 0 saturated heterocycles. The number of carbonyl (C=O) groups excluding carboxylic acids is 1. The first kappa shape index (κ1) is 20.0. The SMILES string of the molecule is Cc1cc(C)n(CCC(=O)NC2CCC(Oc3cccnc3C)CC2)c(=O)n1. The Hall–Kier alpha value is -2.70. The van der Waals surface area contributed by atoms with Crippen molar-refractivity contribution in [3.8, 4) is 5.75 Å². The third-order valence-corrected chi connectivity index (χ3v) is 5.20. The number of hydrogen-bond donors (Lipinski definition) is 1. The van der Waals surface area contributed by atoms with E-state index in [-0.39, 0.29) is 30.2 Å². The van der Waals surface area contributed by atoms with Crippen molar-refractivity contribution in [1.29, 1.82) is 0 Å². The number of aryl methyl sites for hydroxylation is 3. The summed E-state index contributed by atoms with van der Waals surface area (Å²) in [6.45, 7) is 5.95. The minimum Gasteiger partial charge on any atom is -0.489 e. The number of rotatable bonds is 6. The van der Waals surface area contributed by atoms with Gasteiger partial charge in [-0.15, -0.1) is 0 Å². The summed E-state index contributed by atoms with van der Waals surface area (Å²) in [6, 6.07) is 5.84. The highest BCUT2D eigenvalue weighted by Crippen LogP contribution is 2.25. The van der Waals surface area contributed by atoms with E-state index in [4.69, 9.17) is 4.74 Å². The second kappa shape index (κ2) is 8.99. The van der Waals surface area contributed by atoms with Crippen molar-refractivity contribution in [2.75, 3.05) is 0 Å². The van der Waals surface area contributed by atoms with Crippen LogP contribution in [-0.4, -0.2) is 32.6 Å². The lowest BCUT2D eigenvalue weighted by Crippen LogP contribution is -2.40. The highest BCUT2D eigenvalue weighted by Gasteiger charge is 2.24. The minimum absolute atomic E-state index is 0.0284. The van der Waals surface area contributed by atoms with Gasteiger partial charge in [0.15, 0.2) is 0 Å². The van der Waals surface area contributed by atoms with Crippen molar-refractivity contribution in [1.82, 2.24) is 19.9 Å². The second-order valence-electron chi connectivity index (χ2n) is 7.47. The number of nitrogens with zero attached hydrogens (tertiary/aromatic N) is 3. The fraction of sp³-hybridized carbons (Fsp3) is 0.524. The molecule has 7 nitrogen and oxygen atoms in total. The second-order valence-corrected chi connectivity index (χ2v) is 7.47. The van der Waals surface area contributed by atoms with E-state index in [1.807, 2.05) is 32.0 Å². The predicted molar refractivity (Wildman–Crippen MR) is 106 cm³/mol. The summed E-state index contributed by atoms with van der Waals surface area (Å²) in [7, 11) is 0. The average Bonchev–Trinajstić information content (AvgIpc) is 2.64. The molecule has 0 radical (unpaired) electrons. The Balaban J connectivity index is 1.44. The van der Waals surface area contributed by atoms with Gasteiger partial charge in [0.2, 0.25) is 5.91 Å². The zero-order chi connectivity index (χ0) is 20.1. The number of hydrogen-bond acceptors (Lipinski definition) is 5. The van der Waals surface area contributed by atoms with Gasteiger partial charge in [-0.1, -0.05) is 0 Å². The number of ether oxygens (including phenoxy) is 1. The van der Waals surface area contributed by atoms with Crippen molar-refractivity contribution >= 4 is 5.91 Å². The molecule has 0 spiro atoms. The van der Waals surface area contributed by atoms with Gasteiger partial charge in [0.05, 0.1) is 11.8 Å². The molecule has 150 valence electrons. The first-order valence-electron chi connectivity index (χ1n) is 9.85. The zero-order valence-electron chi connectivity index (χ0n) is 16.8. The molecule has 0 unspecified atom stereocenters. The lowest BCUT2D eigenvalue weighted by molar-refractivity contribution is -0.122. The lowest BCUT2D eigenvalue weighted by atomic mass is 9.93. The van der Waals surface area contributed by atoms with Crippen molar-refractivity contribution in [3.63, 3.8) is 0 Å². The van der Waals surface area contributed by atoms with E-state index < -0.39 is 0 Å². The van der Waals surface area contributed by atoms with Crippen LogP contribution in [0.25, 0.3) is 0 Å². The first-order chi connectivity index (χ1) is 13.4. The molecule has 7 heteroatoms. The number of nitrogens with one attached hydrogen (secondary N) is 1. The molecule has 1 saturated carbocycles. The van der Waals surface area contributed by atoms with E-state index in [0.717, 1.165) is 42.8 Å². The minimum atomic E-state index is -0.298. The standard InChI is InChI=1S/C21H28N4O3/c1-14-13-15(2)25(21(27)23-14)12-10-20(26)24-17-6-8-18(9-7-17)28-19-5-4-11-22-16(19)3/h4-5,11,13,17-18H,6-10,12H2,1-3H3,(H,24,26). The summed E-state index contributed by atoms with van der Waals surface area (Å²) < 4.78 is 7.61. The van der Waals surface area contributed by atoms with E-state index >= 15 is 0 Å². The van der Waals surface area contributed by atoms with E-state index in [0.29, 0.717) is 12.2 Å². The maximum atomic E-state index is 12.3. The Morgan fingerprint density at radius 3 is 2.68 bits per heavy atom. The van der Waals surface area contributed by atoms with Gasteiger partial charge in [-0.25, -0.2) is 4.79 Å². The van der Waals surface area contributed by atoms with Crippen molar-refractivity contribution in [2.45, 2.75) is 71.6 Å². The van der Waals surface area contributed by atoms with Crippen molar-refractivity contribution in [3.05, 3.63) is 52.0 Å². The average molecular weight is 384 g/mol. The summed E-state index contributed by atoms with van der Waals surface area (Å²) in [4.78, 5) is 32.5. The Morgan fingerprint density at radius 1 is 1.25 bits per heavy atom. The van der Waals surface area contributed by atoms with Gasteiger partial charge in [-0.3, -0.25) is 14.3 Å². The zero-order valence-corrected chi connectivity index (χ0v) is 16.8. The molecule has 0 aliphatic heterocycles. The van der Waals surface area contributed by atoms with Gasteiger partial charge in [-0.2, -0.15) is 4.98 Å². The Kier molecular flexibility index (Phi) is 6.44. The lowest BCUT2D eigenvalue weighted by Gasteiger charge is -2.29. The van der Waals surface area contributed by atoms with Gasteiger partial charge < -0.3 is 10.1 Å². The normalized spacial score (nSPS) is 19.2. The maximum Gasteiger partial charge on any atom is 0.347 e. The third-order valence-electron chi connectivity index (χ3n) is 5.20. The maximum absolute atomic E-state index is 12.3. The Bertz CT molecular complexity index is 885. The molecule has 28 heavy (non-hydrogen) atoms. The van der Waals surface area contributed by atoms with Crippen molar-refractivity contribution < 1.29 is 9.53 Å². The third kappa shape index (κ3) is 5.18. The molecule has 0 atom stereocenters. The van der Waals surface area contributed by atoms with Gasteiger partial charge in [0.1, 0.15) is 5.75 Å². The highest BCUT2D eigenvalue weighted by atomic mass is 16.5. The van der Waals surface area contributed by atoms with E-state index in [9.17, 15) is 9.59 Å². The fourth-order valence-corrected chi connectivity index (χ4v) is 3.66. The van der Waals surface area contributed by atoms with Gasteiger partial charge in [0, 0.05) is 36.6 Å². The molecule has 2 heterocycles. The largest absolute Gasteiger partial charge is 0.489 e. The number of pyridine rings is 1. The monoisotopic (exact) mass is 384 g/mol. The predicted octanol–water partition coefficient (Wildman–Crippen LogP) is 2.46. The molecule has 2 aromatic heterocycles. The molecule has 1 N–H and O–H groups in total. The van der Waals surface area contributed by atoms with Crippen molar-refractivity contribution in [2.24, 2.45) is 0 Å². The molecule has 1 fully saturated rings. The van der Waals surface area contributed by atoms with Gasteiger partial charge >= 0.3 is 5.69 Å². The highest BCUT2D eigenvalue weighted by molar-refractivity contribution is 5.76. The topological polar surface area (TPSA) is 86.1 Å². The van der Waals surface area contributed by atoms with Crippen LogP contribution < -0.4 is 15.7 Å². The number of carbonyl (C=O) groups is 1. The van der Waals surface area contributed by atoms with Crippen LogP contribution >= 0.6 is 0 Å². The van der Waals surface area contributed by atoms with Crippen LogP contribution in [0.3, 0.4) is 0 Å². The molecule has 0 aromatic carbocycles. The number of aromatic nitrogens is 3. The molecule has 0 bridgehead atoms. The molecule has 1 aliphatic rings.